The van der Waals surface area contributed by atoms with Gasteiger partial charge in [-0.3, -0.25) is 4.79 Å². The molecule has 0 aromatic heterocycles. The van der Waals surface area contributed by atoms with Crippen LogP contribution in [0.4, 0.5) is 18.9 Å². The molecule has 2 aromatic rings. The zero-order valence-corrected chi connectivity index (χ0v) is 21.6. The first-order valence-electron chi connectivity index (χ1n) is 11.7. The Kier molecular flexibility index (Phi) is 9.86. The molecule has 1 heterocycles. The molecule has 0 fully saturated rings. The number of halogens is 4. The van der Waals surface area contributed by atoms with Crippen LogP contribution < -0.4 is 25.4 Å². The van der Waals surface area contributed by atoms with Crippen molar-refractivity contribution in [1.82, 2.24) is 5.32 Å². The molecule has 7 nitrogen and oxygen atoms in total. The number of hydrogen-bond donors (Lipinski definition) is 3. The zero-order valence-electron chi connectivity index (χ0n) is 20.0. The van der Waals surface area contributed by atoms with E-state index >= 15 is 0 Å². The lowest BCUT2D eigenvalue weighted by molar-refractivity contribution is -0.153. The summed E-state index contributed by atoms with van der Waals surface area (Å²) in [5.41, 5.74) is 9.11. The van der Waals surface area contributed by atoms with Crippen molar-refractivity contribution in [2.75, 3.05) is 44.4 Å². The van der Waals surface area contributed by atoms with E-state index < -0.39 is 18.7 Å². The number of nitrogens with two attached hydrogens (primary N) is 1. The van der Waals surface area contributed by atoms with Crippen molar-refractivity contribution in [2.24, 2.45) is 5.73 Å². The minimum atomic E-state index is -4.44. The normalized spacial score (nSPS) is 14.0. The summed E-state index contributed by atoms with van der Waals surface area (Å²) < 4.78 is 48.7. The predicted octanol–water partition coefficient (Wildman–Crippen LogP) is 3.83. The minimum Gasteiger partial charge on any atom is -0.488 e. The van der Waals surface area contributed by atoms with Crippen molar-refractivity contribution in [1.29, 1.82) is 0 Å². The Bertz CT molecular complexity index is 1050. The fourth-order valence-corrected chi connectivity index (χ4v) is 4.59. The summed E-state index contributed by atoms with van der Waals surface area (Å²) in [4.78, 5) is 14.3. The average molecular weight is 574 g/mol. The maximum Gasteiger partial charge on any atom is 0.422 e. The second kappa shape index (κ2) is 12.6. The van der Waals surface area contributed by atoms with E-state index in [9.17, 15) is 18.0 Å². The number of alkyl halides is 3. The lowest BCUT2D eigenvalue weighted by Crippen LogP contribution is -2.32. The fraction of sp³-hybridized carbons (Fsp3) is 0.480. The number of carbonyl (C=O) groups is 1. The number of nitrogens with one attached hydrogen (secondary N) is 1. The van der Waals surface area contributed by atoms with Crippen LogP contribution in [0, 0.1) is 0 Å². The lowest BCUT2D eigenvalue weighted by Gasteiger charge is -2.22. The maximum atomic E-state index is 12.5. The third kappa shape index (κ3) is 8.01. The first-order chi connectivity index (χ1) is 17.1. The lowest BCUT2D eigenvalue weighted by atomic mass is 9.98. The Morgan fingerprint density at radius 1 is 1.25 bits per heavy atom. The maximum absolute atomic E-state index is 12.5. The van der Waals surface area contributed by atoms with Gasteiger partial charge in [-0.1, -0.05) is 22.0 Å². The quantitative estimate of drug-likeness (QED) is 0.315. The molecular weight excluding hydrogens is 543 g/mol. The molecule has 0 aliphatic carbocycles. The number of benzene rings is 2. The highest BCUT2D eigenvalue weighted by Gasteiger charge is 2.29. The second-order valence-electron chi connectivity index (χ2n) is 8.73. The highest BCUT2D eigenvalue weighted by atomic mass is 79.9. The molecule has 198 valence electrons. The van der Waals surface area contributed by atoms with Crippen LogP contribution in [0.15, 0.2) is 34.8 Å². The van der Waals surface area contributed by atoms with E-state index in [-0.39, 0.29) is 30.8 Å². The number of primary amides is 1. The first-order valence-corrected chi connectivity index (χ1v) is 12.5. The second-order valence-corrected chi connectivity index (χ2v) is 9.65. The van der Waals surface area contributed by atoms with E-state index in [2.05, 4.69) is 32.2 Å². The van der Waals surface area contributed by atoms with Gasteiger partial charge in [-0.05, 0) is 61.6 Å². The van der Waals surface area contributed by atoms with Gasteiger partial charge in [-0.2, -0.15) is 13.2 Å². The Morgan fingerprint density at radius 2 is 2.03 bits per heavy atom. The van der Waals surface area contributed by atoms with E-state index in [1.54, 1.807) is 12.1 Å². The van der Waals surface area contributed by atoms with Crippen LogP contribution >= 0.6 is 15.9 Å². The van der Waals surface area contributed by atoms with Gasteiger partial charge in [0, 0.05) is 36.8 Å². The molecule has 1 unspecified atom stereocenters. The molecule has 0 radical (unpaired) electrons. The van der Waals surface area contributed by atoms with Gasteiger partial charge in [0.05, 0.1) is 11.3 Å². The number of anilines is 1. The van der Waals surface area contributed by atoms with Crippen molar-refractivity contribution in [3.05, 3.63) is 51.5 Å². The molecule has 3 rings (SSSR count). The minimum absolute atomic E-state index is 0.0220. The summed E-state index contributed by atoms with van der Waals surface area (Å²) in [6.45, 7) is 2.83. The zero-order chi connectivity index (χ0) is 26.3. The first kappa shape index (κ1) is 28.1. The van der Waals surface area contributed by atoms with Gasteiger partial charge in [-0.15, -0.1) is 0 Å². The van der Waals surface area contributed by atoms with Gasteiger partial charge >= 0.3 is 6.18 Å². The molecule has 1 aliphatic rings. The number of nitrogens with zero attached hydrogens (tertiary/aromatic N) is 1. The predicted molar refractivity (Wildman–Crippen MR) is 135 cm³/mol. The number of carbonyl (C=O) groups excluding carboxylic acids is 1. The topological polar surface area (TPSA) is 97.1 Å². The molecule has 4 N–H and O–H groups in total. The van der Waals surface area contributed by atoms with Gasteiger partial charge in [0.1, 0.15) is 6.61 Å². The summed E-state index contributed by atoms with van der Waals surface area (Å²) in [6, 6.07) is 8.55. The molecule has 1 aliphatic heterocycles. The smallest absolute Gasteiger partial charge is 0.422 e. The van der Waals surface area contributed by atoms with Gasteiger partial charge in [0.2, 0.25) is 0 Å². The van der Waals surface area contributed by atoms with Crippen molar-refractivity contribution in [3.63, 3.8) is 0 Å². The van der Waals surface area contributed by atoms with E-state index in [1.165, 1.54) is 6.07 Å². The van der Waals surface area contributed by atoms with Crippen molar-refractivity contribution >= 4 is 27.5 Å². The van der Waals surface area contributed by atoms with Crippen LogP contribution in [0.5, 0.6) is 11.5 Å². The molecule has 36 heavy (non-hydrogen) atoms. The summed E-state index contributed by atoms with van der Waals surface area (Å²) in [7, 11) is 0. The molecule has 1 amide bonds. The molecule has 0 bridgehead atoms. The fourth-order valence-electron chi connectivity index (χ4n) is 4.25. The Hall–Kier alpha value is -2.50. The number of aliphatic hydroxyl groups excluding tert-OH is 1. The molecule has 11 heteroatoms. The van der Waals surface area contributed by atoms with Crippen LogP contribution in [0.25, 0.3) is 0 Å². The van der Waals surface area contributed by atoms with E-state index in [1.807, 2.05) is 13.0 Å². The Balaban J connectivity index is 1.56. The number of ether oxygens (including phenoxy) is 2. The van der Waals surface area contributed by atoms with Crippen LogP contribution in [0.1, 0.15) is 34.8 Å². The van der Waals surface area contributed by atoms with Crippen molar-refractivity contribution < 1.29 is 32.5 Å². The Morgan fingerprint density at radius 3 is 2.72 bits per heavy atom. The third-order valence-electron chi connectivity index (χ3n) is 5.76. The molecule has 0 spiro atoms. The monoisotopic (exact) mass is 573 g/mol. The van der Waals surface area contributed by atoms with Gasteiger partial charge in [0.25, 0.3) is 5.91 Å². The number of rotatable bonds is 13. The van der Waals surface area contributed by atoms with Crippen LogP contribution in [0.2, 0.25) is 0 Å². The SMILES string of the molecule is CC(Cc1cc2c(c(C(N)=O)c1)N(CCCO)CC2)NCCOc1cc(Br)ccc1OCC(F)(F)F. The van der Waals surface area contributed by atoms with E-state index in [0.717, 1.165) is 29.8 Å². The number of aliphatic hydroxyl groups is 1. The van der Waals surface area contributed by atoms with Crippen LogP contribution in [-0.4, -0.2) is 62.7 Å². The molecule has 0 saturated carbocycles. The van der Waals surface area contributed by atoms with E-state index in [0.29, 0.717) is 36.0 Å². The summed E-state index contributed by atoms with van der Waals surface area (Å²) in [5, 5.41) is 12.5. The molecule has 0 saturated heterocycles. The Labute approximate surface area is 216 Å². The largest absolute Gasteiger partial charge is 0.488 e. The standard InChI is InChI=1S/C25H31BrF3N3O4/c1-16(31-6-10-35-22-14-19(26)3-4-21(22)36-15-25(27,28)29)11-17-12-18-5-8-32(7-2-9-33)23(18)20(13-17)24(30)34/h3-4,12-14,16,31,33H,2,5-11,15H2,1H3,(H2,30,34). The van der Waals surface area contributed by atoms with E-state index in [4.69, 9.17) is 20.3 Å². The summed E-state index contributed by atoms with van der Waals surface area (Å²) in [6.07, 6.45) is -2.35. The van der Waals surface area contributed by atoms with Gasteiger partial charge in [0.15, 0.2) is 18.1 Å². The van der Waals surface area contributed by atoms with Crippen LogP contribution in [0.3, 0.4) is 0 Å². The third-order valence-corrected chi connectivity index (χ3v) is 6.25. The van der Waals surface area contributed by atoms with Crippen molar-refractivity contribution in [2.45, 2.75) is 38.4 Å². The van der Waals surface area contributed by atoms with Crippen molar-refractivity contribution in [3.8, 4) is 11.5 Å². The summed E-state index contributed by atoms with van der Waals surface area (Å²) in [5.74, 6) is -0.233. The van der Waals surface area contributed by atoms with Gasteiger partial charge < -0.3 is 30.5 Å². The number of hydrogen-bond acceptors (Lipinski definition) is 6. The average Bonchev–Trinajstić information content (AvgIpc) is 3.21. The van der Waals surface area contributed by atoms with Gasteiger partial charge in [-0.25, -0.2) is 0 Å². The summed E-state index contributed by atoms with van der Waals surface area (Å²) >= 11 is 3.29. The molecule has 2 aromatic carbocycles. The highest BCUT2D eigenvalue weighted by molar-refractivity contribution is 9.10. The van der Waals surface area contributed by atoms with Crippen LogP contribution in [-0.2, 0) is 12.8 Å². The number of amides is 1. The molecule has 1 atom stereocenters. The highest BCUT2D eigenvalue weighted by Crippen LogP contribution is 2.34. The number of fused-ring (bicyclic) bond motifs is 1. The molecular formula is C25H31BrF3N3O4.